The van der Waals surface area contributed by atoms with Crippen LogP contribution < -0.4 is 22.1 Å². The first-order chi connectivity index (χ1) is 8.97. The Bertz CT molecular complexity index is 474. The molecule has 19 heavy (non-hydrogen) atoms. The van der Waals surface area contributed by atoms with Crippen LogP contribution in [0.5, 0.6) is 0 Å². The number of carbonyl (C=O) groups excluding carboxylic acids is 2. The molecule has 104 valence electrons. The summed E-state index contributed by atoms with van der Waals surface area (Å²) in [7, 11) is 0. The van der Waals surface area contributed by atoms with Gasteiger partial charge in [0, 0.05) is 6.54 Å². The number of carbonyl (C=O) groups is 2. The summed E-state index contributed by atoms with van der Waals surface area (Å²) in [5.74, 6) is -1.05. The van der Waals surface area contributed by atoms with Crippen LogP contribution in [0.25, 0.3) is 0 Å². The Balaban J connectivity index is 3.19. The van der Waals surface area contributed by atoms with Crippen LogP contribution >= 0.6 is 0 Å². The van der Waals surface area contributed by atoms with Gasteiger partial charge in [-0.25, -0.2) is 0 Å². The molecule has 0 radical (unpaired) electrons. The number of amides is 2. The molecule has 2 amide bonds. The molecule has 0 aromatic heterocycles. The van der Waals surface area contributed by atoms with E-state index in [1.54, 1.807) is 23.1 Å². The van der Waals surface area contributed by atoms with Gasteiger partial charge in [0.15, 0.2) is 0 Å². The third kappa shape index (κ3) is 3.87. The zero-order valence-corrected chi connectivity index (χ0v) is 11.1. The second-order valence-corrected chi connectivity index (χ2v) is 4.35. The van der Waals surface area contributed by atoms with E-state index in [1.165, 1.54) is 0 Å². The van der Waals surface area contributed by atoms with E-state index in [2.05, 4.69) is 0 Å². The lowest BCUT2D eigenvalue weighted by Crippen LogP contribution is -2.36. The Morgan fingerprint density at radius 2 is 1.95 bits per heavy atom. The van der Waals surface area contributed by atoms with Crippen LogP contribution in [-0.4, -0.2) is 24.9 Å². The van der Waals surface area contributed by atoms with Gasteiger partial charge in [0.2, 0.25) is 5.91 Å². The average molecular weight is 264 g/mol. The lowest BCUT2D eigenvalue weighted by molar-refractivity contribution is -0.116. The van der Waals surface area contributed by atoms with Crippen LogP contribution in [0.3, 0.4) is 0 Å². The summed E-state index contributed by atoms with van der Waals surface area (Å²) in [4.78, 5) is 24.3. The number of para-hydroxylation sites is 1. The molecule has 0 aliphatic rings. The van der Waals surface area contributed by atoms with E-state index in [9.17, 15) is 9.59 Å². The highest BCUT2D eigenvalue weighted by molar-refractivity contribution is 6.02. The minimum Gasteiger partial charge on any atom is -0.397 e. The van der Waals surface area contributed by atoms with Gasteiger partial charge in [-0.15, -0.1) is 0 Å². The zero-order chi connectivity index (χ0) is 14.4. The highest BCUT2D eigenvalue weighted by Gasteiger charge is 2.18. The number of benzene rings is 1. The second-order valence-electron chi connectivity index (χ2n) is 4.35. The van der Waals surface area contributed by atoms with Crippen molar-refractivity contribution in [1.29, 1.82) is 0 Å². The Labute approximate surface area is 112 Å². The molecule has 0 unspecified atom stereocenters. The van der Waals surface area contributed by atoms with E-state index in [-0.39, 0.29) is 6.54 Å². The Morgan fingerprint density at radius 3 is 2.47 bits per heavy atom. The van der Waals surface area contributed by atoms with E-state index < -0.39 is 11.8 Å². The van der Waals surface area contributed by atoms with Crippen molar-refractivity contribution < 1.29 is 9.59 Å². The highest BCUT2D eigenvalue weighted by Crippen LogP contribution is 2.27. The smallest absolute Gasteiger partial charge is 0.250 e. The molecule has 1 aromatic rings. The summed E-state index contributed by atoms with van der Waals surface area (Å²) in [5.41, 5.74) is 17.7. The van der Waals surface area contributed by atoms with Gasteiger partial charge in [-0.1, -0.05) is 19.4 Å². The molecule has 0 bridgehead atoms. The quantitative estimate of drug-likeness (QED) is 0.620. The fraction of sp³-hybridized carbons (Fsp3) is 0.385. The number of nitrogen functional groups attached to an aromatic ring is 1. The van der Waals surface area contributed by atoms with E-state index in [0.29, 0.717) is 23.5 Å². The largest absolute Gasteiger partial charge is 0.397 e. The molecule has 0 fully saturated rings. The minimum atomic E-state index is -0.576. The van der Waals surface area contributed by atoms with Crippen molar-refractivity contribution in [3.8, 4) is 0 Å². The first-order valence-corrected chi connectivity index (χ1v) is 6.19. The van der Waals surface area contributed by atoms with Crippen molar-refractivity contribution in [1.82, 2.24) is 0 Å². The lowest BCUT2D eigenvalue weighted by Gasteiger charge is -2.26. The first-order valence-electron chi connectivity index (χ1n) is 6.19. The number of hydrogen-bond donors (Lipinski definition) is 3. The number of nitrogens with zero attached hydrogens (tertiary/aromatic N) is 1. The lowest BCUT2D eigenvalue weighted by atomic mass is 10.1. The van der Waals surface area contributed by atoms with Crippen LogP contribution in [0.15, 0.2) is 18.2 Å². The Morgan fingerprint density at radius 1 is 1.26 bits per heavy atom. The zero-order valence-electron chi connectivity index (χ0n) is 11.1. The fourth-order valence-electron chi connectivity index (χ4n) is 1.92. The standard InChI is InChI=1S/C13H20N4O2/c1-2-3-7-17(8-11(15)18)12-9(13(16)19)5-4-6-10(12)14/h4-6H,2-3,7-8,14H2,1H3,(H2,15,18)(H2,16,19). The molecule has 1 aromatic carbocycles. The summed E-state index contributed by atoms with van der Waals surface area (Å²) in [6, 6.07) is 4.91. The van der Waals surface area contributed by atoms with Gasteiger partial charge < -0.3 is 22.1 Å². The van der Waals surface area contributed by atoms with Crippen molar-refractivity contribution in [2.75, 3.05) is 23.7 Å². The molecule has 0 aliphatic heterocycles. The van der Waals surface area contributed by atoms with Gasteiger partial charge in [-0.3, -0.25) is 9.59 Å². The SMILES string of the molecule is CCCCN(CC(N)=O)c1c(N)cccc1C(N)=O. The molecule has 6 N–H and O–H groups in total. The molecular formula is C13H20N4O2. The van der Waals surface area contributed by atoms with Crippen molar-refractivity contribution >= 4 is 23.2 Å². The third-order valence-corrected chi connectivity index (χ3v) is 2.78. The van der Waals surface area contributed by atoms with Crippen LogP contribution in [0.2, 0.25) is 0 Å². The van der Waals surface area contributed by atoms with Crippen molar-refractivity contribution in [3.05, 3.63) is 23.8 Å². The van der Waals surface area contributed by atoms with E-state index in [1.807, 2.05) is 6.92 Å². The summed E-state index contributed by atoms with van der Waals surface area (Å²) in [5, 5.41) is 0. The third-order valence-electron chi connectivity index (χ3n) is 2.78. The molecular weight excluding hydrogens is 244 g/mol. The predicted molar refractivity (Wildman–Crippen MR) is 75.7 cm³/mol. The van der Waals surface area contributed by atoms with Gasteiger partial charge in [0.05, 0.1) is 23.5 Å². The van der Waals surface area contributed by atoms with Crippen molar-refractivity contribution in [2.45, 2.75) is 19.8 Å². The molecule has 0 saturated heterocycles. The molecule has 6 nitrogen and oxygen atoms in total. The molecule has 0 spiro atoms. The molecule has 0 heterocycles. The highest BCUT2D eigenvalue weighted by atomic mass is 16.1. The summed E-state index contributed by atoms with van der Waals surface area (Å²) >= 11 is 0. The Kier molecular flexibility index (Phi) is 5.17. The van der Waals surface area contributed by atoms with Gasteiger partial charge >= 0.3 is 0 Å². The monoisotopic (exact) mass is 264 g/mol. The summed E-state index contributed by atoms with van der Waals surface area (Å²) < 4.78 is 0. The number of unbranched alkanes of at least 4 members (excludes halogenated alkanes) is 1. The maximum Gasteiger partial charge on any atom is 0.250 e. The average Bonchev–Trinajstić information content (AvgIpc) is 2.33. The Hall–Kier alpha value is -2.24. The van der Waals surface area contributed by atoms with Crippen LogP contribution in [0.1, 0.15) is 30.1 Å². The van der Waals surface area contributed by atoms with E-state index in [0.717, 1.165) is 12.8 Å². The van der Waals surface area contributed by atoms with Crippen molar-refractivity contribution in [3.63, 3.8) is 0 Å². The number of rotatable bonds is 7. The normalized spacial score (nSPS) is 10.2. The second kappa shape index (κ2) is 6.63. The van der Waals surface area contributed by atoms with Gasteiger partial charge in [0.1, 0.15) is 0 Å². The van der Waals surface area contributed by atoms with Crippen molar-refractivity contribution in [2.24, 2.45) is 11.5 Å². The van der Waals surface area contributed by atoms with Crippen LogP contribution in [0.4, 0.5) is 11.4 Å². The van der Waals surface area contributed by atoms with Crippen LogP contribution in [-0.2, 0) is 4.79 Å². The number of anilines is 2. The van der Waals surface area contributed by atoms with Crippen LogP contribution in [0, 0.1) is 0 Å². The summed E-state index contributed by atoms with van der Waals surface area (Å²) in [6.07, 6.45) is 1.81. The summed E-state index contributed by atoms with van der Waals surface area (Å²) in [6.45, 7) is 2.63. The molecule has 0 atom stereocenters. The van der Waals surface area contributed by atoms with Gasteiger partial charge in [-0.2, -0.15) is 0 Å². The minimum absolute atomic E-state index is 0.00843. The first kappa shape index (κ1) is 14.8. The fourth-order valence-corrected chi connectivity index (χ4v) is 1.92. The van der Waals surface area contributed by atoms with E-state index in [4.69, 9.17) is 17.2 Å². The van der Waals surface area contributed by atoms with Gasteiger partial charge in [-0.05, 0) is 18.6 Å². The van der Waals surface area contributed by atoms with Gasteiger partial charge in [0.25, 0.3) is 5.91 Å². The molecule has 0 aliphatic carbocycles. The molecule has 0 saturated carbocycles. The number of hydrogen-bond acceptors (Lipinski definition) is 4. The number of nitrogens with two attached hydrogens (primary N) is 3. The molecule has 1 rings (SSSR count). The topological polar surface area (TPSA) is 115 Å². The maximum absolute atomic E-state index is 11.5. The van der Waals surface area contributed by atoms with E-state index >= 15 is 0 Å². The molecule has 6 heteroatoms. The predicted octanol–water partition coefficient (Wildman–Crippen LogP) is 0.460. The number of primary amides is 2. The maximum atomic E-state index is 11.5.